The Morgan fingerprint density at radius 2 is 1.86 bits per heavy atom. The molecule has 2 aliphatic rings. The maximum absolute atomic E-state index is 14.0. The number of carbonyl (C=O) groups is 1. The summed E-state index contributed by atoms with van der Waals surface area (Å²) in [6.07, 6.45) is 1.43. The Kier molecular flexibility index (Phi) is 5.17. The van der Waals surface area contributed by atoms with Crippen LogP contribution >= 0.6 is 0 Å². The van der Waals surface area contributed by atoms with Crippen molar-refractivity contribution in [2.45, 2.75) is 24.5 Å². The maximum atomic E-state index is 14.0. The minimum absolute atomic E-state index is 0.0291. The van der Waals surface area contributed by atoms with Crippen molar-refractivity contribution in [3.8, 4) is 5.75 Å². The second-order valence-electron chi connectivity index (χ2n) is 7.56. The van der Waals surface area contributed by atoms with Gasteiger partial charge in [0.05, 0.1) is 18.8 Å². The van der Waals surface area contributed by atoms with Gasteiger partial charge >= 0.3 is 0 Å². The molecule has 2 aromatic rings. The third kappa shape index (κ3) is 3.33. The van der Waals surface area contributed by atoms with E-state index in [2.05, 4.69) is 4.90 Å². The van der Waals surface area contributed by atoms with Crippen LogP contribution in [0, 0.1) is 11.6 Å². The third-order valence-corrected chi connectivity index (χ3v) is 6.20. The topological polar surface area (TPSA) is 42.0 Å². The minimum Gasteiger partial charge on any atom is -0.494 e. The van der Waals surface area contributed by atoms with Gasteiger partial charge < -0.3 is 19.3 Å². The lowest BCUT2D eigenvalue weighted by Gasteiger charge is -2.61. The average Bonchev–Trinajstić information content (AvgIpc) is 2.73. The van der Waals surface area contributed by atoms with Crippen LogP contribution in [0.25, 0.3) is 0 Å². The summed E-state index contributed by atoms with van der Waals surface area (Å²) >= 11 is 0. The maximum Gasteiger partial charge on any atom is 0.253 e. The second kappa shape index (κ2) is 7.63. The Hall–Kier alpha value is -2.67. The van der Waals surface area contributed by atoms with E-state index in [9.17, 15) is 13.6 Å². The van der Waals surface area contributed by atoms with E-state index >= 15 is 0 Å². The Balaban J connectivity index is 1.49. The van der Waals surface area contributed by atoms with Gasteiger partial charge in [-0.15, -0.1) is 0 Å². The first-order chi connectivity index (χ1) is 14.0. The molecule has 0 bridgehead atoms. The van der Waals surface area contributed by atoms with Crippen LogP contribution in [0.15, 0.2) is 42.5 Å². The first-order valence-electron chi connectivity index (χ1n) is 9.67. The van der Waals surface area contributed by atoms with Crippen molar-refractivity contribution in [1.82, 2.24) is 4.90 Å². The summed E-state index contributed by atoms with van der Waals surface area (Å²) in [5.41, 5.74) is 0.873. The quantitative estimate of drug-likeness (QED) is 0.785. The SMILES string of the molecule is COc1ccc(C(=O)N2CCC3(CC2)C(OC)CN3c2cccc(F)c2)cc1F. The van der Waals surface area contributed by atoms with Crippen molar-refractivity contribution in [3.05, 3.63) is 59.7 Å². The summed E-state index contributed by atoms with van der Waals surface area (Å²) < 4.78 is 38.3. The lowest BCUT2D eigenvalue weighted by molar-refractivity contribution is -0.0433. The second-order valence-corrected chi connectivity index (χ2v) is 7.56. The number of halogens is 2. The van der Waals surface area contributed by atoms with Gasteiger partial charge in [-0.1, -0.05) is 6.07 Å². The van der Waals surface area contributed by atoms with Gasteiger partial charge in [0.1, 0.15) is 5.82 Å². The first kappa shape index (κ1) is 19.6. The predicted molar refractivity (Wildman–Crippen MR) is 105 cm³/mol. The van der Waals surface area contributed by atoms with E-state index in [-0.39, 0.29) is 29.1 Å². The van der Waals surface area contributed by atoms with E-state index in [1.54, 1.807) is 24.1 Å². The monoisotopic (exact) mass is 402 g/mol. The van der Waals surface area contributed by atoms with Gasteiger partial charge in [-0.2, -0.15) is 0 Å². The van der Waals surface area contributed by atoms with E-state index < -0.39 is 5.82 Å². The number of hydrogen-bond donors (Lipinski definition) is 0. The van der Waals surface area contributed by atoms with E-state index in [4.69, 9.17) is 9.47 Å². The van der Waals surface area contributed by atoms with Crippen LogP contribution in [-0.4, -0.2) is 56.3 Å². The van der Waals surface area contributed by atoms with Gasteiger partial charge in [-0.25, -0.2) is 8.78 Å². The highest BCUT2D eigenvalue weighted by Crippen LogP contribution is 2.44. The van der Waals surface area contributed by atoms with Crippen LogP contribution in [0.4, 0.5) is 14.5 Å². The summed E-state index contributed by atoms with van der Waals surface area (Å²) in [7, 11) is 3.08. The third-order valence-electron chi connectivity index (χ3n) is 6.20. The number of methoxy groups -OCH3 is 2. The molecule has 2 saturated heterocycles. The molecule has 2 heterocycles. The van der Waals surface area contributed by atoms with Crippen LogP contribution in [0.2, 0.25) is 0 Å². The normalized spacial score (nSPS) is 20.5. The molecule has 154 valence electrons. The molecular weight excluding hydrogens is 378 g/mol. The van der Waals surface area contributed by atoms with Crippen LogP contribution in [0.5, 0.6) is 5.75 Å². The Labute approximate surface area is 168 Å². The lowest BCUT2D eigenvalue weighted by atomic mass is 9.73. The summed E-state index contributed by atoms with van der Waals surface area (Å²) in [6.45, 7) is 1.74. The zero-order chi connectivity index (χ0) is 20.6. The molecule has 29 heavy (non-hydrogen) atoms. The number of likely N-dealkylation sites (tertiary alicyclic amines) is 1. The highest BCUT2D eigenvalue weighted by molar-refractivity contribution is 5.94. The van der Waals surface area contributed by atoms with Crippen molar-refractivity contribution >= 4 is 11.6 Å². The molecule has 0 saturated carbocycles. The molecule has 0 aliphatic carbocycles. The van der Waals surface area contributed by atoms with Gasteiger partial charge in [0.2, 0.25) is 0 Å². The molecule has 5 nitrogen and oxygen atoms in total. The van der Waals surface area contributed by atoms with Crippen molar-refractivity contribution < 1.29 is 23.0 Å². The summed E-state index contributed by atoms with van der Waals surface area (Å²) in [5.74, 6) is -0.913. The number of rotatable bonds is 4. The molecule has 2 fully saturated rings. The summed E-state index contributed by atoms with van der Waals surface area (Å²) in [4.78, 5) is 16.8. The molecule has 0 N–H and O–H groups in total. The van der Waals surface area contributed by atoms with Crippen LogP contribution in [-0.2, 0) is 4.74 Å². The van der Waals surface area contributed by atoms with Crippen molar-refractivity contribution in [3.63, 3.8) is 0 Å². The Morgan fingerprint density at radius 3 is 2.48 bits per heavy atom. The zero-order valence-electron chi connectivity index (χ0n) is 16.5. The molecule has 1 amide bonds. The highest BCUT2D eigenvalue weighted by atomic mass is 19.1. The number of benzene rings is 2. The molecule has 1 atom stereocenters. The number of piperidine rings is 1. The molecule has 0 aromatic heterocycles. The molecular formula is C22H24F2N2O3. The smallest absolute Gasteiger partial charge is 0.253 e. The molecule has 2 aliphatic heterocycles. The number of amides is 1. The Bertz CT molecular complexity index is 913. The molecule has 1 unspecified atom stereocenters. The lowest BCUT2D eigenvalue weighted by Crippen LogP contribution is -2.74. The highest BCUT2D eigenvalue weighted by Gasteiger charge is 2.55. The Morgan fingerprint density at radius 1 is 1.10 bits per heavy atom. The fourth-order valence-corrected chi connectivity index (χ4v) is 4.55. The van der Waals surface area contributed by atoms with Crippen LogP contribution in [0.1, 0.15) is 23.2 Å². The number of hydrogen-bond acceptors (Lipinski definition) is 4. The molecule has 0 radical (unpaired) electrons. The summed E-state index contributed by atoms with van der Waals surface area (Å²) in [6, 6.07) is 10.8. The van der Waals surface area contributed by atoms with E-state index in [0.29, 0.717) is 38.0 Å². The van der Waals surface area contributed by atoms with E-state index in [0.717, 1.165) is 5.69 Å². The predicted octanol–water partition coefficient (Wildman–Crippen LogP) is 3.48. The fourth-order valence-electron chi connectivity index (χ4n) is 4.55. The van der Waals surface area contributed by atoms with Gasteiger partial charge in [0.25, 0.3) is 5.91 Å². The molecule has 1 spiro atoms. The van der Waals surface area contributed by atoms with Crippen LogP contribution in [0.3, 0.4) is 0 Å². The van der Waals surface area contributed by atoms with Gasteiger partial charge in [0, 0.05) is 38.0 Å². The van der Waals surface area contributed by atoms with Crippen LogP contribution < -0.4 is 9.64 Å². The number of anilines is 1. The largest absolute Gasteiger partial charge is 0.494 e. The number of carbonyl (C=O) groups excluding carboxylic acids is 1. The van der Waals surface area contributed by atoms with Gasteiger partial charge in [-0.3, -0.25) is 4.79 Å². The van der Waals surface area contributed by atoms with Crippen molar-refractivity contribution in [2.24, 2.45) is 0 Å². The zero-order valence-corrected chi connectivity index (χ0v) is 16.5. The van der Waals surface area contributed by atoms with E-state index in [1.807, 2.05) is 6.07 Å². The first-order valence-corrected chi connectivity index (χ1v) is 9.67. The minimum atomic E-state index is -0.553. The molecule has 7 heteroatoms. The number of ether oxygens (including phenoxy) is 2. The van der Waals surface area contributed by atoms with Gasteiger partial charge in [0.15, 0.2) is 11.6 Å². The summed E-state index contributed by atoms with van der Waals surface area (Å²) in [5, 5.41) is 0. The van der Waals surface area contributed by atoms with Crippen molar-refractivity contribution in [1.29, 1.82) is 0 Å². The standard InChI is InChI=1S/C22H24F2N2O3/c1-28-19-7-6-15(12-18(19)24)21(27)25-10-8-22(9-11-25)20(29-2)14-26(22)17-5-3-4-16(23)13-17/h3-7,12-13,20H,8-11,14H2,1-2H3. The fraction of sp³-hybridized carbons (Fsp3) is 0.409. The average molecular weight is 402 g/mol. The van der Waals surface area contributed by atoms with E-state index in [1.165, 1.54) is 31.4 Å². The molecule has 2 aromatic carbocycles. The number of nitrogens with zero attached hydrogens (tertiary/aromatic N) is 2. The van der Waals surface area contributed by atoms with Gasteiger partial charge in [-0.05, 0) is 49.2 Å². The molecule has 4 rings (SSSR count). The van der Waals surface area contributed by atoms with Crippen molar-refractivity contribution in [2.75, 3.05) is 38.8 Å².